The summed E-state index contributed by atoms with van der Waals surface area (Å²) < 4.78 is 13.4. The number of carboxylic acid groups (broad SMARTS) is 1. The van der Waals surface area contributed by atoms with E-state index >= 15 is 0 Å². The van der Waals surface area contributed by atoms with Crippen LogP contribution in [0.3, 0.4) is 0 Å². The maximum Gasteiger partial charge on any atom is 0.311 e. The molecule has 0 amide bonds. The topological polar surface area (TPSA) is 64.3 Å². The molecular weight excluding hydrogens is 271 g/mol. The van der Waals surface area contributed by atoms with Crippen molar-refractivity contribution in [3.05, 3.63) is 35.1 Å². The lowest BCUT2D eigenvalue weighted by atomic mass is 9.76. The molecule has 1 fully saturated rings. The number of hydrogen-bond acceptors (Lipinski definition) is 3. The zero-order chi connectivity index (χ0) is 15.6. The molecule has 0 aliphatic carbocycles. The van der Waals surface area contributed by atoms with E-state index in [2.05, 4.69) is 0 Å². The molecule has 0 spiro atoms. The van der Waals surface area contributed by atoms with Gasteiger partial charge >= 0.3 is 5.97 Å². The van der Waals surface area contributed by atoms with Crippen molar-refractivity contribution < 1.29 is 14.3 Å². The van der Waals surface area contributed by atoms with E-state index in [4.69, 9.17) is 5.26 Å². The number of hydrogen-bond donors (Lipinski definition) is 1. The fourth-order valence-electron chi connectivity index (χ4n) is 3.01. The average molecular weight is 290 g/mol. The summed E-state index contributed by atoms with van der Waals surface area (Å²) >= 11 is 0. The van der Waals surface area contributed by atoms with Crippen LogP contribution in [0.2, 0.25) is 0 Å². The molecular formula is C16H19FN2O2. The van der Waals surface area contributed by atoms with E-state index in [0.717, 1.165) is 0 Å². The summed E-state index contributed by atoms with van der Waals surface area (Å²) in [5.74, 6) is -1.16. The Morgan fingerprint density at radius 1 is 1.52 bits per heavy atom. The second kappa shape index (κ2) is 5.82. The first-order valence-corrected chi connectivity index (χ1v) is 7.03. The molecule has 1 heterocycles. The van der Waals surface area contributed by atoms with Gasteiger partial charge in [-0.3, -0.25) is 9.69 Å². The van der Waals surface area contributed by atoms with Crippen molar-refractivity contribution >= 4 is 5.97 Å². The summed E-state index contributed by atoms with van der Waals surface area (Å²) in [5, 5.41) is 18.4. The monoisotopic (exact) mass is 290 g/mol. The van der Waals surface area contributed by atoms with Crippen LogP contribution in [0.5, 0.6) is 0 Å². The molecule has 1 aromatic rings. The van der Waals surface area contributed by atoms with Gasteiger partial charge in [0.25, 0.3) is 0 Å². The van der Waals surface area contributed by atoms with Gasteiger partial charge in [-0.2, -0.15) is 5.26 Å². The highest BCUT2D eigenvalue weighted by molar-refractivity contribution is 5.75. The van der Waals surface area contributed by atoms with Gasteiger partial charge < -0.3 is 5.11 Å². The quantitative estimate of drug-likeness (QED) is 0.926. The number of halogens is 1. The van der Waals surface area contributed by atoms with Crippen LogP contribution in [0.1, 0.15) is 31.4 Å². The third-order valence-corrected chi connectivity index (χ3v) is 4.40. The van der Waals surface area contributed by atoms with Gasteiger partial charge in [0.05, 0.1) is 17.0 Å². The predicted octanol–water partition coefficient (Wildman–Crippen LogP) is 2.63. The summed E-state index contributed by atoms with van der Waals surface area (Å²) in [6, 6.07) is 6.18. The second-order valence-electron chi connectivity index (χ2n) is 6.04. The van der Waals surface area contributed by atoms with Crippen molar-refractivity contribution in [3.8, 4) is 6.07 Å². The smallest absolute Gasteiger partial charge is 0.311 e. The van der Waals surface area contributed by atoms with E-state index in [0.29, 0.717) is 31.6 Å². The lowest BCUT2D eigenvalue weighted by Crippen LogP contribution is -2.39. The van der Waals surface area contributed by atoms with Crippen molar-refractivity contribution in [3.63, 3.8) is 0 Å². The van der Waals surface area contributed by atoms with Gasteiger partial charge in [0.2, 0.25) is 0 Å². The van der Waals surface area contributed by atoms with E-state index < -0.39 is 17.2 Å². The third-order valence-electron chi connectivity index (χ3n) is 4.40. The summed E-state index contributed by atoms with van der Waals surface area (Å²) in [4.78, 5) is 13.6. The van der Waals surface area contributed by atoms with Crippen LogP contribution in [0.4, 0.5) is 4.39 Å². The van der Waals surface area contributed by atoms with Crippen LogP contribution in [0, 0.1) is 28.5 Å². The molecule has 112 valence electrons. The van der Waals surface area contributed by atoms with Crippen LogP contribution in [-0.2, 0) is 11.3 Å². The van der Waals surface area contributed by atoms with Gasteiger partial charge in [0.15, 0.2) is 0 Å². The Bertz CT molecular complexity index is 594. The van der Waals surface area contributed by atoms with Crippen LogP contribution < -0.4 is 0 Å². The van der Waals surface area contributed by atoms with Gasteiger partial charge in [-0.15, -0.1) is 0 Å². The fraction of sp³-hybridized carbons (Fsp3) is 0.500. The number of nitrogens with zero attached hydrogens (tertiary/aromatic N) is 2. The highest BCUT2D eigenvalue weighted by Gasteiger charge is 2.47. The third kappa shape index (κ3) is 3.06. The van der Waals surface area contributed by atoms with Crippen molar-refractivity contribution in [2.24, 2.45) is 11.3 Å². The van der Waals surface area contributed by atoms with Crippen LogP contribution >= 0.6 is 0 Å². The summed E-state index contributed by atoms with van der Waals surface area (Å²) in [7, 11) is 0. The minimum absolute atomic E-state index is 0.0437. The molecule has 1 saturated heterocycles. The SMILES string of the molecule is CC(C)C1(C(=O)O)CCN(Cc2cc(F)cc(C#N)c2)C1. The molecule has 5 heteroatoms. The zero-order valence-electron chi connectivity index (χ0n) is 12.3. The molecule has 1 unspecified atom stereocenters. The molecule has 1 aliphatic rings. The zero-order valence-corrected chi connectivity index (χ0v) is 12.3. The number of rotatable bonds is 4. The molecule has 1 aromatic carbocycles. The summed E-state index contributed by atoms with van der Waals surface area (Å²) in [6.45, 7) is 5.44. The number of nitriles is 1. The lowest BCUT2D eigenvalue weighted by Gasteiger charge is -2.28. The maximum atomic E-state index is 13.4. The summed E-state index contributed by atoms with van der Waals surface area (Å²) in [6.07, 6.45) is 0.598. The van der Waals surface area contributed by atoms with E-state index in [1.807, 2.05) is 24.8 Å². The molecule has 2 rings (SSSR count). The fourth-order valence-corrected chi connectivity index (χ4v) is 3.01. The number of benzene rings is 1. The van der Waals surface area contributed by atoms with Gasteiger partial charge in [-0.25, -0.2) is 4.39 Å². The molecule has 1 atom stereocenters. The van der Waals surface area contributed by atoms with Gasteiger partial charge in [-0.05, 0) is 42.6 Å². The minimum Gasteiger partial charge on any atom is -0.481 e. The predicted molar refractivity (Wildman–Crippen MR) is 75.9 cm³/mol. The average Bonchev–Trinajstić information content (AvgIpc) is 2.83. The molecule has 1 aliphatic heterocycles. The number of carboxylic acids is 1. The number of carbonyl (C=O) groups is 1. The normalized spacial score (nSPS) is 22.4. The Morgan fingerprint density at radius 3 is 2.76 bits per heavy atom. The van der Waals surface area contributed by atoms with Crippen molar-refractivity contribution in [2.45, 2.75) is 26.8 Å². The minimum atomic E-state index is -0.767. The lowest BCUT2D eigenvalue weighted by molar-refractivity contribution is -0.151. The van der Waals surface area contributed by atoms with Crippen LogP contribution in [0.15, 0.2) is 18.2 Å². The molecule has 0 saturated carbocycles. The van der Waals surface area contributed by atoms with E-state index in [1.54, 1.807) is 6.07 Å². The Morgan fingerprint density at radius 2 is 2.24 bits per heavy atom. The first kappa shape index (κ1) is 15.5. The second-order valence-corrected chi connectivity index (χ2v) is 6.04. The molecule has 4 nitrogen and oxygen atoms in total. The first-order valence-electron chi connectivity index (χ1n) is 7.03. The van der Waals surface area contributed by atoms with E-state index in [1.165, 1.54) is 12.1 Å². The molecule has 21 heavy (non-hydrogen) atoms. The Labute approximate surface area is 123 Å². The van der Waals surface area contributed by atoms with Gasteiger partial charge in [0.1, 0.15) is 5.82 Å². The first-order chi connectivity index (χ1) is 9.87. The molecule has 0 bridgehead atoms. The van der Waals surface area contributed by atoms with Crippen LogP contribution in [-0.4, -0.2) is 29.1 Å². The highest BCUT2D eigenvalue weighted by atomic mass is 19.1. The number of aliphatic carboxylic acids is 1. The van der Waals surface area contributed by atoms with Crippen molar-refractivity contribution in [1.29, 1.82) is 5.26 Å². The number of likely N-dealkylation sites (tertiary alicyclic amines) is 1. The highest BCUT2D eigenvalue weighted by Crippen LogP contribution is 2.38. The Kier molecular flexibility index (Phi) is 4.29. The van der Waals surface area contributed by atoms with Gasteiger partial charge in [-0.1, -0.05) is 13.8 Å². The van der Waals surface area contributed by atoms with E-state index in [9.17, 15) is 14.3 Å². The molecule has 0 aromatic heterocycles. The largest absolute Gasteiger partial charge is 0.481 e. The van der Waals surface area contributed by atoms with E-state index in [-0.39, 0.29) is 11.5 Å². The van der Waals surface area contributed by atoms with Crippen molar-refractivity contribution in [2.75, 3.05) is 13.1 Å². The maximum absolute atomic E-state index is 13.4. The van der Waals surface area contributed by atoms with Crippen molar-refractivity contribution in [1.82, 2.24) is 4.90 Å². The van der Waals surface area contributed by atoms with Crippen LogP contribution in [0.25, 0.3) is 0 Å². The van der Waals surface area contributed by atoms with Gasteiger partial charge in [0, 0.05) is 13.1 Å². The molecule has 1 N–H and O–H groups in total. The standard InChI is InChI=1S/C16H19FN2O2/c1-11(2)16(15(20)21)3-4-19(10-16)9-13-5-12(8-18)6-14(17)7-13/h5-7,11H,3-4,9-10H2,1-2H3,(H,20,21). The molecule has 0 radical (unpaired) electrons. The summed E-state index contributed by atoms with van der Waals surface area (Å²) in [5.41, 5.74) is 0.264. The Hall–Kier alpha value is -1.93. The Balaban J connectivity index is 2.15.